The number of benzene rings is 2. The Hall–Kier alpha value is -2.09. The summed E-state index contributed by atoms with van der Waals surface area (Å²) in [6.07, 6.45) is 0. The Morgan fingerprint density at radius 2 is 1.87 bits per heavy atom. The molecule has 5 nitrogen and oxygen atoms in total. The van der Waals surface area contributed by atoms with Gasteiger partial charge in [0, 0.05) is 9.26 Å². The number of urea groups is 1. The average molecular weight is 424 g/mol. The summed E-state index contributed by atoms with van der Waals surface area (Å²) in [5.41, 5.74) is 2.70. The van der Waals surface area contributed by atoms with Crippen LogP contribution < -0.4 is 15.4 Å². The van der Waals surface area contributed by atoms with Crippen molar-refractivity contribution in [3.8, 4) is 5.75 Å². The van der Waals surface area contributed by atoms with Crippen molar-refractivity contribution >= 4 is 40.2 Å². The number of carbonyl (C=O) groups is 2. The molecule has 0 heterocycles. The van der Waals surface area contributed by atoms with Crippen LogP contribution >= 0.6 is 22.6 Å². The van der Waals surface area contributed by atoms with E-state index in [0.717, 1.165) is 14.7 Å². The molecule has 0 spiro atoms. The second-order valence-corrected chi connectivity index (χ2v) is 6.24. The minimum Gasteiger partial charge on any atom is -0.484 e. The van der Waals surface area contributed by atoms with E-state index in [0.29, 0.717) is 11.4 Å². The van der Waals surface area contributed by atoms with Gasteiger partial charge in [-0.3, -0.25) is 10.1 Å². The van der Waals surface area contributed by atoms with Crippen molar-refractivity contribution in [1.82, 2.24) is 5.32 Å². The summed E-state index contributed by atoms with van der Waals surface area (Å²) in [5.74, 6) is 0.0775. The highest BCUT2D eigenvalue weighted by atomic mass is 127. The van der Waals surface area contributed by atoms with Gasteiger partial charge in [0.2, 0.25) is 0 Å². The highest BCUT2D eigenvalue weighted by Crippen LogP contribution is 2.17. The van der Waals surface area contributed by atoms with Crippen LogP contribution in [0.3, 0.4) is 0 Å². The molecule has 120 valence electrons. The van der Waals surface area contributed by atoms with E-state index in [9.17, 15) is 9.59 Å². The van der Waals surface area contributed by atoms with Gasteiger partial charge in [-0.15, -0.1) is 0 Å². The summed E-state index contributed by atoms with van der Waals surface area (Å²) < 4.78 is 6.35. The van der Waals surface area contributed by atoms with Crippen LogP contribution in [0, 0.1) is 17.4 Å². The molecule has 0 aromatic heterocycles. The van der Waals surface area contributed by atoms with Crippen molar-refractivity contribution in [1.29, 1.82) is 0 Å². The smallest absolute Gasteiger partial charge is 0.325 e. The quantitative estimate of drug-likeness (QED) is 0.737. The molecule has 0 unspecified atom stereocenters. The van der Waals surface area contributed by atoms with Crippen LogP contribution in [0.5, 0.6) is 5.75 Å². The minimum atomic E-state index is -0.574. The number of aryl methyl sites for hydroxylation is 1. The van der Waals surface area contributed by atoms with Crippen LogP contribution in [0.15, 0.2) is 42.5 Å². The highest BCUT2D eigenvalue weighted by molar-refractivity contribution is 14.1. The largest absolute Gasteiger partial charge is 0.484 e. The monoisotopic (exact) mass is 424 g/mol. The summed E-state index contributed by atoms with van der Waals surface area (Å²) in [6.45, 7) is 3.64. The van der Waals surface area contributed by atoms with Gasteiger partial charge in [-0.1, -0.05) is 18.2 Å². The fourth-order valence-electron chi connectivity index (χ4n) is 1.91. The van der Waals surface area contributed by atoms with E-state index in [1.165, 1.54) is 0 Å². The summed E-state index contributed by atoms with van der Waals surface area (Å²) in [6, 6.07) is 12.3. The number of rotatable bonds is 4. The second-order valence-electron chi connectivity index (χ2n) is 5.00. The molecule has 2 aromatic rings. The molecule has 0 saturated carbocycles. The SMILES string of the molecule is Cc1cccc(NC(=O)NC(=O)COc2cccc(I)c2)c1C. The molecule has 0 fully saturated rings. The third-order valence-corrected chi connectivity index (χ3v) is 3.94. The number of amides is 3. The Balaban J connectivity index is 1.85. The maximum atomic E-state index is 11.9. The normalized spacial score (nSPS) is 10.0. The fraction of sp³-hybridized carbons (Fsp3) is 0.176. The van der Waals surface area contributed by atoms with Crippen LogP contribution in [0.4, 0.5) is 10.5 Å². The first-order chi connectivity index (χ1) is 11.0. The molecule has 3 amide bonds. The maximum absolute atomic E-state index is 11.9. The number of hydrogen-bond acceptors (Lipinski definition) is 3. The van der Waals surface area contributed by atoms with Crippen molar-refractivity contribution in [2.75, 3.05) is 11.9 Å². The molecule has 0 radical (unpaired) electrons. The van der Waals surface area contributed by atoms with Gasteiger partial charge in [-0.2, -0.15) is 0 Å². The van der Waals surface area contributed by atoms with E-state index in [1.807, 2.05) is 44.2 Å². The Kier molecular flexibility index (Phi) is 5.97. The maximum Gasteiger partial charge on any atom is 0.325 e. The molecule has 0 aliphatic carbocycles. The zero-order chi connectivity index (χ0) is 16.8. The Bertz CT molecular complexity index is 732. The number of halogens is 1. The predicted octanol–water partition coefficient (Wildman–Crippen LogP) is 3.64. The number of ether oxygens (including phenoxy) is 1. The molecule has 2 aromatic carbocycles. The minimum absolute atomic E-state index is 0.222. The fourth-order valence-corrected chi connectivity index (χ4v) is 2.42. The number of hydrogen-bond donors (Lipinski definition) is 2. The summed E-state index contributed by atoms with van der Waals surface area (Å²) in [5, 5.41) is 4.91. The van der Waals surface area contributed by atoms with E-state index in [4.69, 9.17) is 4.74 Å². The van der Waals surface area contributed by atoms with Crippen molar-refractivity contribution < 1.29 is 14.3 Å². The molecule has 2 rings (SSSR count). The van der Waals surface area contributed by atoms with Crippen molar-refractivity contribution in [2.45, 2.75) is 13.8 Å². The Morgan fingerprint density at radius 3 is 2.61 bits per heavy atom. The molecule has 0 aliphatic rings. The van der Waals surface area contributed by atoms with Gasteiger partial charge in [0.25, 0.3) is 5.91 Å². The predicted molar refractivity (Wildman–Crippen MR) is 97.7 cm³/mol. The summed E-state index contributed by atoms with van der Waals surface area (Å²) in [7, 11) is 0. The first-order valence-corrected chi connectivity index (χ1v) is 8.09. The van der Waals surface area contributed by atoms with Crippen molar-refractivity contribution in [3.63, 3.8) is 0 Å². The van der Waals surface area contributed by atoms with Crippen LogP contribution in [0.1, 0.15) is 11.1 Å². The second kappa shape index (κ2) is 7.96. The number of nitrogens with one attached hydrogen (secondary N) is 2. The van der Waals surface area contributed by atoms with Gasteiger partial charge in [0.15, 0.2) is 6.61 Å². The van der Waals surface area contributed by atoms with Crippen LogP contribution in [0.25, 0.3) is 0 Å². The van der Waals surface area contributed by atoms with Crippen molar-refractivity contribution in [2.24, 2.45) is 0 Å². The van der Waals surface area contributed by atoms with Gasteiger partial charge in [0.1, 0.15) is 5.75 Å². The molecule has 0 saturated heterocycles. The van der Waals surface area contributed by atoms with E-state index in [2.05, 4.69) is 33.2 Å². The Labute approximate surface area is 148 Å². The third kappa shape index (κ3) is 5.24. The van der Waals surface area contributed by atoms with Gasteiger partial charge in [-0.25, -0.2) is 4.79 Å². The lowest BCUT2D eigenvalue weighted by Gasteiger charge is -2.11. The number of anilines is 1. The van der Waals surface area contributed by atoms with Gasteiger partial charge >= 0.3 is 6.03 Å². The van der Waals surface area contributed by atoms with E-state index >= 15 is 0 Å². The van der Waals surface area contributed by atoms with Gasteiger partial charge in [-0.05, 0) is 71.8 Å². The average Bonchev–Trinajstić information content (AvgIpc) is 2.50. The standard InChI is InChI=1S/C17H17IN2O3/c1-11-5-3-8-15(12(11)2)19-17(22)20-16(21)10-23-14-7-4-6-13(18)9-14/h3-9H,10H2,1-2H3,(H2,19,20,21,22). The molecule has 2 N–H and O–H groups in total. The first kappa shape index (κ1) is 17.3. The molecule has 0 atom stereocenters. The molecule has 23 heavy (non-hydrogen) atoms. The molecular weight excluding hydrogens is 407 g/mol. The van der Waals surface area contributed by atoms with E-state index in [1.54, 1.807) is 12.1 Å². The molecule has 0 aliphatic heterocycles. The zero-order valence-corrected chi connectivity index (χ0v) is 15.0. The van der Waals surface area contributed by atoms with Crippen LogP contribution in [0.2, 0.25) is 0 Å². The highest BCUT2D eigenvalue weighted by Gasteiger charge is 2.10. The van der Waals surface area contributed by atoms with E-state index in [-0.39, 0.29) is 6.61 Å². The number of imide groups is 1. The lowest BCUT2D eigenvalue weighted by Crippen LogP contribution is -2.37. The lowest BCUT2D eigenvalue weighted by molar-refractivity contribution is -0.121. The summed E-state index contributed by atoms with van der Waals surface area (Å²) in [4.78, 5) is 23.6. The topological polar surface area (TPSA) is 67.4 Å². The first-order valence-electron chi connectivity index (χ1n) is 7.01. The molecular formula is C17H17IN2O3. The molecule has 6 heteroatoms. The molecule has 0 bridgehead atoms. The van der Waals surface area contributed by atoms with Crippen molar-refractivity contribution in [3.05, 3.63) is 57.2 Å². The van der Waals surface area contributed by atoms with Crippen LogP contribution in [-0.4, -0.2) is 18.5 Å². The lowest BCUT2D eigenvalue weighted by atomic mass is 10.1. The summed E-state index contributed by atoms with van der Waals surface area (Å²) >= 11 is 2.16. The number of carbonyl (C=O) groups excluding carboxylic acids is 2. The van der Waals surface area contributed by atoms with Crippen LogP contribution in [-0.2, 0) is 4.79 Å². The Morgan fingerprint density at radius 1 is 1.13 bits per heavy atom. The van der Waals surface area contributed by atoms with Gasteiger partial charge in [0.05, 0.1) is 0 Å². The zero-order valence-electron chi connectivity index (χ0n) is 12.9. The van der Waals surface area contributed by atoms with Gasteiger partial charge < -0.3 is 10.1 Å². The van der Waals surface area contributed by atoms with E-state index < -0.39 is 11.9 Å². The third-order valence-electron chi connectivity index (χ3n) is 3.27.